The minimum absolute atomic E-state index is 0.0808. The molecule has 64 valence electrons. The fourth-order valence-corrected chi connectivity index (χ4v) is 0.575. The van der Waals surface area contributed by atoms with E-state index in [9.17, 15) is 9.59 Å². The topological polar surface area (TPSA) is 43.4 Å². The van der Waals surface area contributed by atoms with Crippen molar-refractivity contribution in [2.75, 3.05) is 6.61 Å². The Bertz CT molecular complexity index is 140. The standard InChI is InChI=1S/C8H14O3/c1-3-4-5-8(10)11-6-7(2)9/h3-6H2,1-2H3. The maximum atomic E-state index is 10.7. The lowest BCUT2D eigenvalue weighted by molar-refractivity contribution is -0.147. The Labute approximate surface area is 66.7 Å². The van der Waals surface area contributed by atoms with Crippen molar-refractivity contribution in [2.45, 2.75) is 33.1 Å². The van der Waals surface area contributed by atoms with Crippen molar-refractivity contribution in [3.63, 3.8) is 0 Å². The second kappa shape index (κ2) is 5.89. The molecule has 3 nitrogen and oxygen atoms in total. The summed E-state index contributed by atoms with van der Waals surface area (Å²) in [5.41, 5.74) is 0. The van der Waals surface area contributed by atoms with Gasteiger partial charge in [-0.3, -0.25) is 9.59 Å². The van der Waals surface area contributed by atoms with E-state index in [0.717, 1.165) is 12.8 Å². The third kappa shape index (κ3) is 7.03. The molecule has 0 atom stereocenters. The van der Waals surface area contributed by atoms with Crippen LogP contribution in [0.1, 0.15) is 33.1 Å². The zero-order valence-electron chi connectivity index (χ0n) is 7.05. The van der Waals surface area contributed by atoms with Crippen LogP contribution in [0.2, 0.25) is 0 Å². The Morgan fingerprint density at radius 1 is 1.36 bits per heavy atom. The number of rotatable bonds is 5. The Balaban J connectivity index is 3.30. The van der Waals surface area contributed by atoms with Crippen LogP contribution in [-0.4, -0.2) is 18.4 Å². The third-order valence-electron chi connectivity index (χ3n) is 1.17. The summed E-state index contributed by atoms with van der Waals surface area (Å²) in [5, 5.41) is 0. The monoisotopic (exact) mass is 158 g/mol. The Kier molecular flexibility index (Phi) is 5.43. The van der Waals surface area contributed by atoms with Gasteiger partial charge in [0.05, 0.1) is 0 Å². The zero-order chi connectivity index (χ0) is 8.69. The number of Topliss-reactive ketones (excluding diaryl/α,β-unsaturated/α-hetero) is 1. The maximum Gasteiger partial charge on any atom is 0.306 e. The smallest absolute Gasteiger partial charge is 0.306 e. The van der Waals surface area contributed by atoms with E-state index in [0.29, 0.717) is 6.42 Å². The van der Waals surface area contributed by atoms with Crippen LogP contribution in [0.4, 0.5) is 0 Å². The highest BCUT2D eigenvalue weighted by atomic mass is 16.5. The first kappa shape index (κ1) is 10.1. The molecule has 0 bridgehead atoms. The first-order chi connectivity index (χ1) is 5.16. The summed E-state index contributed by atoms with van der Waals surface area (Å²) in [5.74, 6) is -0.392. The van der Waals surface area contributed by atoms with Gasteiger partial charge in [-0.05, 0) is 13.3 Å². The van der Waals surface area contributed by atoms with Crippen LogP contribution in [0.15, 0.2) is 0 Å². The fraction of sp³-hybridized carbons (Fsp3) is 0.750. The molecule has 11 heavy (non-hydrogen) atoms. The van der Waals surface area contributed by atoms with Crippen molar-refractivity contribution in [3.05, 3.63) is 0 Å². The average Bonchev–Trinajstić information content (AvgIpc) is 1.97. The van der Waals surface area contributed by atoms with E-state index in [4.69, 9.17) is 0 Å². The van der Waals surface area contributed by atoms with Gasteiger partial charge in [0.1, 0.15) is 6.61 Å². The highest BCUT2D eigenvalue weighted by Gasteiger charge is 2.02. The van der Waals surface area contributed by atoms with Gasteiger partial charge in [0.2, 0.25) is 0 Å². The lowest BCUT2D eigenvalue weighted by Crippen LogP contribution is -2.10. The summed E-state index contributed by atoms with van der Waals surface area (Å²) in [4.78, 5) is 21.1. The highest BCUT2D eigenvalue weighted by molar-refractivity contribution is 5.80. The molecule has 0 aliphatic rings. The van der Waals surface area contributed by atoms with Gasteiger partial charge in [-0.1, -0.05) is 13.3 Å². The van der Waals surface area contributed by atoms with Crippen LogP contribution in [0.5, 0.6) is 0 Å². The number of carbonyl (C=O) groups is 2. The minimum Gasteiger partial charge on any atom is -0.458 e. The molecule has 0 spiro atoms. The minimum atomic E-state index is -0.276. The van der Waals surface area contributed by atoms with Gasteiger partial charge in [0.15, 0.2) is 5.78 Å². The Morgan fingerprint density at radius 3 is 2.45 bits per heavy atom. The SMILES string of the molecule is CCCCC(=O)OCC(C)=O. The summed E-state index contributed by atoms with van der Waals surface area (Å²) in [6.45, 7) is 3.31. The zero-order valence-corrected chi connectivity index (χ0v) is 7.05. The first-order valence-electron chi connectivity index (χ1n) is 3.82. The van der Waals surface area contributed by atoms with E-state index in [1.807, 2.05) is 6.92 Å². The number of ketones is 1. The van der Waals surface area contributed by atoms with Crippen molar-refractivity contribution in [1.82, 2.24) is 0 Å². The molecule has 0 aromatic heterocycles. The summed E-state index contributed by atoms with van der Waals surface area (Å²) in [6.07, 6.45) is 2.22. The second-order valence-electron chi connectivity index (χ2n) is 2.47. The van der Waals surface area contributed by atoms with Crippen LogP contribution in [0, 0.1) is 0 Å². The summed E-state index contributed by atoms with van der Waals surface area (Å²) >= 11 is 0. The van der Waals surface area contributed by atoms with Gasteiger partial charge in [-0.25, -0.2) is 0 Å². The summed E-state index contributed by atoms with van der Waals surface area (Å²) in [7, 11) is 0. The van der Waals surface area contributed by atoms with Crippen LogP contribution in [0.3, 0.4) is 0 Å². The molecule has 0 saturated heterocycles. The van der Waals surface area contributed by atoms with Gasteiger partial charge in [0.25, 0.3) is 0 Å². The molecule has 0 fully saturated rings. The Hall–Kier alpha value is -0.860. The molecule has 0 unspecified atom stereocenters. The molecular formula is C8H14O3. The van der Waals surface area contributed by atoms with Crippen LogP contribution >= 0.6 is 0 Å². The molecule has 0 N–H and O–H groups in total. The number of carbonyl (C=O) groups excluding carboxylic acids is 2. The van der Waals surface area contributed by atoms with Crippen molar-refractivity contribution in [3.8, 4) is 0 Å². The van der Waals surface area contributed by atoms with Gasteiger partial charge in [-0.2, -0.15) is 0 Å². The highest BCUT2D eigenvalue weighted by Crippen LogP contribution is 1.95. The van der Waals surface area contributed by atoms with Crippen molar-refractivity contribution in [2.24, 2.45) is 0 Å². The van der Waals surface area contributed by atoms with Crippen LogP contribution in [0.25, 0.3) is 0 Å². The lowest BCUT2D eigenvalue weighted by atomic mass is 10.2. The second-order valence-corrected chi connectivity index (χ2v) is 2.47. The van der Waals surface area contributed by atoms with Gasteiger partial charge in [0, 0.05) is 6.42 Å². The van der Waals surface area contributed by atoms with E-state index in [1.54, 1.807) is 0 Å². The average molecular weight is 158 g/mol. The molecule has 0 aliphatic heterocycles. The lowest BCUT2D eigenvalue weighted by Gasteiger charge is -1.99. The molecule has 0 aromatic carbocycles. The molecule has 0 amide bonds. The van der Waals surface area contributed by atoms with E-state index in [-0.39, 0.29) is 18.4 Å². The molecule has 0 heterocycles. The molecule has 0 aliphatic carbocycles. The largest absolute Gasteiger partial charge is 0.458 e. The van der Waals surface area contributed by atoms with Gasteiger partial charge >= 0.3 is 5.97 Å². The molecule has 0 aromatic rings. The summed E-state index contributed by atoms with van der Waals surface area (Å²) in [6, 6.07) is 0. The molecular weight excluding hydrogens is 144 g/mol. The van der Waals surface area contributed by atoms with E-state index in [2.05, 4.69) is 4.74 Å². The number of unbranched alkanes of at least 4 members (excludes halogenated alkanes) is 1. The Morgan fingerprint density at radius 2 is 2.00 bits per heavy atom. The fourth-order valence-electron chi connectivity index (χ4n) is 0.575. The number of hydrogen-bond acceptors (Lipinski definition) is 3. The van der Waals surface area contributed by atoms with E-state index >= 15 is 0 Å². The maximum absolute atomic E-state index is 10.7. The quantitative estimate of drug-likeness (QED) is 0.566. The predicted octanol–water partition coefficient (Wildman–Crippen LogP) is 1.31. The van der Waals surface area contributed by atoms with Crippen LogP contribution < -0.4 is 0 Å². The molecule has 3 heteroatoms. The number of ether oxygens (including phenoxy) is 1. The number of esters is 1. The van der Waals surface area contributed by atoms with E-state index < -0.39 is 0 Å². The molecule has 0 saturated carbocycles. The van der Waals surface area contributed by atoms with Gasteiger partial charge in [-0.15, -0.1) is 0 Å². The van der Waals surface area contributed by atoms with Crippen LogP contribution in [-0.2, 0) is 14.3 Å². The molecule has 0 rings (SSSR count). The van der Waals surface area contributed by atoms with Gasteiger partial charge < -0.3 is 4.74 Å². The predicted molar refractivity (Wildman–Crippen MR) is 41.2 cm³/mol. The number of hydrogen-bond donors (Lipinski definition) is 0. The molecule has 0 radical (unpaired) electrons. The third-order valence-corrected chi connectivity index (χ3v) is 1.17. The first-order valence-corrected chi connectivity index (χ1v) is 3.82. The summed E-state index contributed by atoms with van der Waals surface area (Å²) < 4.78 is 4.62. The van der Waals surface area contributed by atoms with Crippen molar-refractivity contribution < 1.29 is 14.3 Å². The normalized spacial score (nSPS) is 9.27. The van der Waals surface area contributed by atoms with Crippen molar-refractivity contribution >= 4 is 11.8 Å². The van der Waals surface area contributed by atoms with Crippen molar-refractivity contribution in [1.29, 1.82) is 0 Å². The van der Waals surface area contributed by atoms with E-state index in [1.165, 1.54) is 6.92 Å².